The maximum Gasteiger partial charge on any atom is 0.225 e. The number of aromatic nitrogens is 1. The molecule has 0 unspecified atom stereocenters. The number of piperazine rings is 1. The first-order valence-corrected chi connectivity index (χ1v) is 15.9. The van der Waals surface area contributed by atoms with Crippen LogP contribution in [0.4, 0.5) is 23.2 Å². The summed E-state index contributed by atoms with van der Waals surface area (Å²) in [6.07, 6.45) is 7.84. The van der Waals surface area contributed by atoms with Crippen molar-refractivity contribution < 1.29 is 31.9 Å². The average molecular weight is 661 g/mol. The predicted octanol–water partition coefficient (Wildman–Crippen LogP) is 7.10. The van der Waals surface area contributed by atoms with Crippen LogP contribution in [0.15, 0.2) is 54.9 Å². The normalized spacial score (nSPS) is 15.9. The molecule has 0 bridgehead atoms. The first kappa shape index (κ1) is 41.1. The van der Waals surface area contributed by atoms with Crippen LogP contribution in [0.2, 0.25) is 0 Å². The number of amides is 1. The summed E-state index contributed by atoms with van der Waals surface area (Å²) in [6.45, 7) is 12.9. The van der Waals surface area contributed by atoms with Gasteiger partial charge in [0.05, 0.1) is 18.1 Å². The van der Waals surface area contributed by atoms with Gasteiger partial charge >= 0.3 is 0 Å². The minimum Gasteiger partial charge on any atom is -0.324 e. The van der Waals surface area contributed by atoms with E-state index in [2.05, 4.69) is 27.4 Å². The molecule has 2 heterocycles. The van der Waals surface area contributed by atoms with E-state index in [0.717, 1.165) is 49.9 Å². The molecule has 2 aromatic carbocycles. The number of rotatable bonds is 9. The van der Waals surface area contributed by atoms with Gasteiger partial charge < -0.3 is 25.1 Å². The highest BCUT2D eigenvalue weighted by atomic mass is 19.1. The lowest BCUT2D eigenvalue weighted by atomic mass is 9.88. The Morgan fingerprint density at radius 3 is 2.11 bits per heavy atom. The molecule has 2 aliphatic rings. The molecule has 0 radical (unpaired) electrons. The lowest BCUT2D eigenvalue weighted by Gasteiger charge is -2.33. The molecule has 1 amide bonds. The summed E-state index contributed by atoms with van der Waals surface area (Å²) in [4.78, 5) is 35.2. The standard InChI is InChI=1S/C27H28F4N4O.C5H10.C2H6.2CH2O/c1-35-9-8-32-14-22(35)6-7-23-25(31)15-33-16-26(23)34-27(36)13-24(17-2-4-19(28)5-3-17)18-10-20(29)12-21(30)11-18;1-2-5-3-4-5;3*1-2/h2-5,10-12,15-16,22,24,32H,6-9,13-14H2,1H3,(H,34,36);5H,2-4H2,1H3;1-2H3;2*1H2/t22-,24-;;;;/m0..../s1. The molecule has 5 rings (SSSR count). The van der Waals surface area contributed by atoms with E-state index in [1.807, 2.05) is 34.5 Å². The van der Waals surface area contributed by atoms with Crippen LogP contribution in [0.1, 0.15) is 75.5 Å². The van der Waals surface area contributed by atoms with E-state index in [9.17, 15) is 22.4 Å². The number of pyridine rings is 1. The van der Waals surface area contributed by atoms with Crippen molar-refractivity contribution >= 4 is 25.2 Å². The van der Waals surface area contributed by atoms with Gasteiger partial charge in [-0.2, -0.15) is 0 Å². The Balaban J connectivity index is 0.000000877. The van der Waals surface area contributed by atoms with Crippen molar-refractivity contribution in [1.29, 1.82) is 0 Å². The Morgan fingerprint density at radius 2 is 1.57 bits per heavy atom. The second kappa shape index (κ2) is 22.5. The largest absolute Gasteiger partial charge is 0.324 e. The molecular weight excluding hydrogens is 612 g/mol. The number of nitrogens with one attached hydrogen (secondary N) is 2. The highest BCUT2D eigenvalue weighted by molar-refractivity contribution is 5.92. The lowest BCUT2D eigenvalue weighted by Crippen LogP contribution is -2.49. The van der Waals surface area contributed by atoms with Crippen LogP contribution in [-0.4, -0.2) is 62.1 Å². The van der Waals surface area contributed by atoms with Gasteiger partial charge in [0, 0.05) is 49.6 Å². The number of carbonyl (C=O) groups excluding carboxylic acids is 3. The molecular formula is C36H48F4N4O3. The third-order valence-corrected chi connectivity index (χ3v) is 7.87. The van der Waals surface area contributed by atoms with Gasteiger partial charge in [0.25, 0.3) is 0 Å². The number of carbonyl (C=O) groups is 3. The van der Waals surface area contributed by atoms with Gasteiger partial charge in [-0.1, -0.05) is 52.2 Å². The van der Waals surface area contributed by atoms with Crippen molar-refractivity contribution in [3.05, 3.63) is 94.8 Å². The zero-order chi connectivity index (χ0) is 35.4. The molecule has 47 heavy (non-hydrogen) atoms. The Bertz CT molecular complexity index is 1320. The molecule has 1 saturated heterocycles. The van der Waals surface area contributed by atoms with Crippen LogP contribution in [-0.2, 0) is 20.8 Å². The molecule has 258 valence electrons. The maximum atomic E-state index is 14.7. The second-order valence-corrected chi connectivity index (χ2v) is 10.9. The van der Waals surface area contributed by atoms with Gasteiger partial charge in [-0.3, -0.25) is 9.78 Å². The third-order valence-electron chi connectivity index (χ3n) is 7.87. The van der Waals surface area contributed by atoms with Crippen LogP contribution in [0.25, 0.3) is 0 Å². The topological polar surface area (TPSA) is 91.4 Å². The van der Waals surface area contributed by atoms with E-state index in [0.29, 0.717) is 24.0 Å². The van der Waals surface area contributed by atoms with Crippen molar-refractivity contribution in [2.45, 2.75) is 71.3 Å². The Morgan fingerprint density at radius 1 is 0.957 bits per heavy atom. The highest BCUT2D eigenvalue weighted by Crippen LogP contribution is 2.32. The van der Waals surface area contributed by atoms with Crippen molar-refractivity contribution in [2.24, 2.45) is 5.92 Å². The average Bonchev–Trinajstić information content (AvgIpc) is 3.92. The number of hydrogen-bond donors (Lipinski definition) is 2. The summed E-state index contributed by atoms with van der Waals surface area (Å²) >= 11 is 0. The summed E-state index contributed by atoms with van der Waals surface area (Å²) in [7, 11) is 2.03. The van der Waals surface area contributed by atoms with E-state index < -0.39 is 35.1 Å². The van der Waals surface area contributed by atoms with Crippen LogP contribution in [0.5, 0.6) is 0 Å². The van der Waals surface area contributed by atoms with Crippen LogP contribution >= 0.6 is 0 Å². The van der Waals surface area contributed by atoms with Crippen molar-refractivity contribution in [3.8, 4) is 0 Å². The van der Waals surface area contributed by atoms with Gasteiger partial charge in [0.2, 0.25) is 5.91 Å². The predicted molar refractivity (Wildman–Crippen MR) is 178 cm³/mol. The minimum atomic E-state index is -0.781. The SMILES string of the molecule is C=O.C=O.CC.CCC1CC1.CN1CCNC[C@@H]1CCc1c(F)cncc1NC(=O)C[C@@H](c1ccc(F)cc1)c1cc(F)cc(F)c1. The quantitative estimate of drug-likeness (QED) is 0.238. The number of hydrogen-bond acceptors (Lipinski definition) is 6. The molecule has 1 aliphatic carbocycles. The molecule has 11 heteroatoms. The fourth-order valence-electron chi connectivity index (χ4n) is 5.13. The Kier molecular flexibility index (Phi) is 19.7. The van der Waals surface area contributed by atoms with E-state index >= 15 is 0 Å². The van der Waals surface area contributed by atoms with Crippen LogP contribution < -0.4 is 10.6 Å². The number of nitrogens with zero attached hydrogens (tertiary/aromatic N) is 2. The molecule has 1 aliphatic heterocycles. The number of anilines is 1. The van der Waals surface area contributed by atoms with E-state index in [1.54, 1.807) is 0 Å². The molecule has 3 aromatic rings. The zero-order valence-electron chi connectivity index (χ0n) is 27.8. The van der Waals surface area contributed by atoms with Crippen molar-refractivity contribution in [3.63, 3.8) is 0 Å². The molecule has 7 nitrogen and oxygen atoms in total. The van der Waals surface area contributed by atoms with Gasteiger partial charge in [-0.05, 0) is 61.2 Å². The summed E-state index contributed by atoms with van der Waals surface area (Å²) in [5.41, 5.74) is 1.36. The molecule has 0 spiro atoms. The van der Waals surface area contributed by atoms with Gasteiger partial charge in [-0.25, -0.2) is 17.6 Å². The summed E-state index contributed by atoms with van der Waals surface area (Å²) < 4.78 is 56.1. The van der Waals surface area contributed by atoms with E-state index in [1.165, 1.54) is 49.7 Å². The second-order valence-electron chi connectivity index (χ2n) is 10.9. The zero-order valence-corrected chi connectivity index (χ0v) is 27.8. The summed E-state index contributed by atoms with van der Waals surface area (Å²) in [5, 5.41) is 6.06. The first-order valence-electron chi connectivity index (χ1n) is 15.9. The lowest BCUT2D eigenvalue weighted by molar-refractivity contribution is -0.116. The number of likely N-dealkylation sites (N-methyl/N-ethyl adjacent to an activating group) is 1. The molecule has 2 fully saturated rings. The van der Waals surface area contributed by atoms with Gasteiger partial charge in [0.15, 0.2) is 0 Å². The van der Waals surface area contributed by atoms with E-state index in [-0.39, 0.29) is 23.7 Å². The van der Waals surface area contributed by atoms with Crippen LogP contribution in [0, 0.1) is 29.2 Å². The Labute approximate surface area is 276 Å². The maximum absolute atomic E-state index is 14.7. The van der Waals surface area contributed by atoms with Crippen molar-refractivity contribution in [2.75, 3.05) is 32.0 Å². The fraction of sp³-hybridized carbons (Fsp3) is 0.444. The van der Waals surface area contributed by atoms with E-state index in [4.69, 9.17) is 9.59 Å². The van der Waals surface area contributed by atoms with Gasteiger partial charge in [-0.15, -0.1) is 0 Å². The molecule has 1 saturated carbocycles. The highest BCUT2D eigenvalue weighted by Gasteiger charge is 2.23. The molecule has 2 atom stereocenters. The molecule has 1 aromatic heterocycles. The first-order chi connectivity index (χ1) is 22.7. The van der Waals surface area contributed by atoms with Crippen molar-refractivity contribution in [1.82, 2.24) is 15.2 Å². The number of halogens is 4. The summed E-state index contributed by atoms with van der Waals surface area (Å²) in [5.74, 6) is -2.65. The fourth-order valence-corrected chi connectivity index (χ4v) is 5.13. The smallest absolute Gasteiger partial charge is 0.225 e. The molecule has 2 N–H and O–H groups in total. The minimum absolute atomic E-state index is 0.195. The van der Waals surface area contributed by atoms with Crippen LogP contribution in [0.3, 0.4) is 0 Å². The Hall–Kier alpha value is -3.96. The summed E-state index contributed by atoms with van der Waals surface area (Å²) in [6, 6.07) is 8.67. The third kappa shape index (κ3) is 14.1. The van der Waals surface area contributed by atoms with Gasteiger partial charge in [0.1, 0.15) is 36.8 Å². The number of benzene rings is 2. The monoisotopic (exact) mass is 660 g/mol.